The monoisotopic (exact) mass is 456 g/mol. The van der Waals surface area contributed by atoms with Crippen LogP contribution in [-0.2, 0) is 11.2 Å². The van der Waals surface area contributed by atoms with Gasteiger partial charge >= 0.3 is 0 Å². The average molecular weight is 457 g/mol. The lowest BCUT2D eigenvalue weighted by Crippen LogP contribution is -2.29. The number of ether oxygens (including phenoxy) is 2. The Morgan fingerprint density at radius 1 is 0.909 bits per heavy atom. The van der Waals surface area contributed by atoms with Gasteiger partial charge in [0.1, 0.15) is 13.2 Å². The van der Waals surface area contributed by atoms with E-state index in [1.165, 1.54) is 17.3 Å². The molecule has 1 saturated heterocycles. The van der Waals surface area contributed by atoms with E-state index in [-0.39, 0.29) is 5.91 Å². The number of aliphatic imine (C=N–C) groups is 1. The molecular formula is C27H24N2O3S. The Bertz CT molecular complexity index is 1190. The molecule has 33 heavy (non-hydrogen) atoms. The first kappa shape index (κ1) is 21.3. The first-order valence-electron chi connectivity index (χ1n) is 11.0. The number of amidine groups is 1. The van der Waals surface area contributed by atoms with Crippen molar-refractivity contribution in [2.24, 2.45) is 4.99 Å². The van der Waals surface area contributed by atoms with Crippen molar-refractivity contribution in [1.29, 1.82) is 0 Å². The number of carbonyl (C=O) groups is 1. The molecule has 2 aliphatic heterocycles. The minimum atomic E-state index is -0.0668. The lowest BCUT2D eigenvalue weighted by molar-refractivity contribution is -0.113. The Kier molecular flexibility index (Phi) is 6.44. The molecule has 0 radical (unpaired) electrons. The minimum Gasteiger partial charge on any atom is -0.486 e. The van der Waals surface area contributed by atoms with E-state index in [0.717, 1.165) is 29.8 Å². The second kappa shape index (κ2) is 9.96. The molecule has 0 saturated carbocycles. The van der Waals surface area contributed by atoms with Crippen LogP contribution in [-0.4, -0.2) is 30.8 Å². The molecular weight excluding hydrogens is 432 g/mol. The van der Waals surface area contributed by atoms with Crippen LogP contribution >= 0.6 is 11.8 Å². The quantitative estimate of drug-likeness (QED) is 0.360. The molecule has 0 aromatic heterocycles. The van der Waals surface area contributed by atoms with Crippen LogP contribution in [0.15, 0.2) is 88.8 Å². The maximum Gasteiger partial charge on any atom is 0.271 e. The third-order valence-corrected chi connectivity index (χ3v) is 6.40. The number of para-hydroxylation sites is 1. The van der Waals surface area contributed by atoms with E-state index in [4.69, 9.17) is 14.5 Å². The van der Waals surface area contributed by atoms with Crippen molar-refractivity contribution >= 4 is 34.6 Å². The second-order valence-corrected chi connectivity index (χ2v) is 8.75. The molecule has 0 aliphatic carbocycles. The van der Waals surface area contributed by atoms with Gasteiger partial charge in [-0.3, -0.25) is 14.7 Å². The van der Waals surface area contributed by atoms with Crippen molar-refractivity contribution in [3.8, 4) is 11.5 Å². The zero-order chi connectivity index (χ0) is 22.5. The van der Waals surface area contributed by atoms with E-state index < -0.39 is 0 Å². The van der Waals surface area contributed by atoms with Gasteiger partial charge in [-0.05, 0) is 66.1 Å². The molecule has 3 aromatic rings. The van der Waals surface area contributed by atoms with Gasteiger partial charge < -0.3 is 9.47 Å². The number of hydrogen-bond donors (Lipinski definition) is 0. The number of aryl methyl sites for hydroxylation is 1. The van der Waals surface area contributed by atoms with E-state index >= 15 is 0 Å². The third kappa shape index (κ3) is 4.96. The lowest BCUT2D eigenvalue weighted by atomic mass is 10.1. The predicted octanol–water partition coefficient (Wildman–Crippen LogP) is 5.57. The highest BCUT2D eigenvalue weighted by atomic mass is 32.2. The zero-order valence-electron chi connectivity index (χ0n) is 18.1. The van der Waals surface area contributed by atoms with Crippen LogP contribution in [0.1, 0.15) is 17.5 Å². The number of anilines is 1. The molecule has 0 spiro atoms. The van der Waals surface area contributed by atoms with E-state index in [1.54, 1.807) is 4.90 Å². The Balaban J connectivity index is 1.37. The molecule has 1 fully saturated rings. The minimum absolute atomic E-state index is 0.0668. The first-order valence-corrected chi connectivity index (χ1v) is 11.9. The van der Waals surface area contributed by atoms with Crippen molar-refractivity contribution < 1.29 is 14.3 Å². The van der Waals surface area contributed by atoms with Gasteiger partial charge in [-0.1, -0.05) is 54.6 Å². The summed E-state index contributed by atoms with van der Waals surface area (Å²) in [5.74, 6) is 1.38. The molecule has 5 nitrogen and oxygen atoms in total. The fourth-order valence-electron chi connectivity index (χ4n) is 3.79. The number of thioether (sulfide) groups is 1. The van der Waals surface area contributed by atoms with Crippen LogP contribution in [0.3, 0.4) is 0 Å². The molecule has 2 heterocycles. The SMILES string of the molecule is O=C1/C(=C/c2ccc3c(c2)OCCO3)S/C(=N\CCCc2ccccc2)N1c1ccccc1. The summed E-state index contributed by atoms with van der Waals surface area (Å²) in [6, 6.07) is 25.8. The molecule has 0 bridgehead atoms. The zero-order valence-corrected chi connectivity index (χ0v) is 19.0. The van der Waals surface area contributed by atoms with Crippen LogP contribution in [0.25, 0.3) is 6.08 Å². The molecule has 2 aliphatic rings. The van der Waals surface area contributed by atoms with Gasteiger partial charge in [0.2, 0.25) is 0 Å². The van der Waals surface area contributed by atoms with Gasteiger partial charge in [0.15, 0.2) is 16.7 Å². The average Bonchev–Trinajstić information content (AvgIpc) is 3.17. The maximum absolute atomic E-state index is 13.4. The molecule has 0 N–H and O–H groups in total. The smallest absolute Gasteiger partial charge is 0.271 e. The van der Waals surface area contributed by atoms with Crippen molar-refractivity contribution in [3.63, 3.8) is 0 Å². The van der Waals surface area contributed by atoms with Gasteiger partial charge in [-0.25, -0.2) is 0 Å². The molecule has 5 rings (SSSR count). The van der Waals surface area contributed by atoms with Crippen molar-refractivity contribution in [2.45, 2.75) is 12.8 Å². The summed E-state index contributed by atoms with van der Waals surface area (Å²) >= 11 is 1.42. The molecule has 3 aromatic carbocycles. The van der Waals surface area contributed by atoms with Crippen molar-refractivity contribution in [1.82, 2.24) is 0 Å². The largest absolute Gasteiger partial charge is 0.486 e. The lowest BCUT2D eigenvalue weighted by Gasteiger charge is -2.18. The summed E-state index contributed by atoms with van der Waals surface area (Å²) in [5, 5.41) is 0.711. The van der Waals surface area contributed by atoms with Gasteiger partial charge in [0, 0.05) is 6.54 Å². The van der Waals surface area contributed by atoms with E-state index in [9.17, 15) is 4.79 Å². The number of nitrogens with zero attached hydrogens (tertiary/aromatic N) is 2. The standard InChI is InChI=1S/C27H24N2O3S/c30-26-25(19-21-13-14-23-24(18-21)32-17-16-31-23)33-27(29(26)22-11-5-2-6-12-22)28-15-7-10-20-8-3-1-4-9-20/h1-6,8-9,11-14,18-19H,7,10,15-17H2/b25-19-,28-27-. The van der Waals surface area contributed by atoms with Crippen LogP contribution in [0.4, 0.5) is 5.69 Å². The highest BCUT2D eigenvalue weighted by Gasteiger charge is 2.34. The number of rotatable bonds is 6. The summed E-state index contributed by atoms with van der Waals surface area (Å²) < 4.78 is 11.3. The highest BCUT2D eigenvalue weighted by molar-refractivity contribution is 8.19. The molecule has 6 heteroatoms. The number of benzene rings is 3. The van der Waals surface area contributed by atoms with E-state index in [0.29, 0.717) is 35.6 Å². The first-order chi connectivity index (χ1) is 16.3. The topological polar surface area (TPSA) is 51.1 Å². The van der Waals surface area contributed by atoms with Crippen LogP contribution in [0.5, 0.6) is 11.5 Å². The van der Waals surface area contributed by atoms with Crippen LogP contribution in [0.2, 0.25) is 0 Å². The summed E-state index contributed by atoms with van der Waals surface area (Å²) in [6.45, 7) is 1.74. The molecule has 0 atom stereocenters. The summed E-state index contributed by atoms with van der Waals surface area (Å²) in [6.07, 6.45) is 3.78. The number of carbonyl (C=O) groups excluding carboxylic acids is 1. The Labute approximate surface area is 197 Å². The van der Waals surface area contributed by atoms with Crippen LogP contribution in [0, 0.1) is 0 Å². The maximum atomic E-state index is 13.4. The fourth-order valence-corrected chi connectivity index (χ4v) is 4.79. The second-order valence-electron chi connectivity index (χ2n) is 7.74. The summed E-state index contributed by atoms with van der Waals surface area (Å²) in [5.41, 5.74) is 3.02. The number of hydrogen-bond acceptors (Lipinski definition) is 5. The molecule has 0 unspecified atom stereocenters. The fraction of sp³-hybridized carbons (Fsp3) is 0.185. The van der Waals surface area contributed by atoms with Crippen LogP contribution < -0.4 is 14.4 Å². The summed E-state index contributed by atoms with van der Waals surface area (Å²) in [4.78, 5) is 20.5. The van der Waals surface area contributed by atoms with E-state index in [2.05, 4.69) is 24.3 Å². The summed E-state index contributed by atoms with van der Waals surface area (Å²) in [7, 11) is 0. The predicted molar refractivity (Wildman–Crippen MR) is 134 cm³/mol. The Hall–Kier alpha value is -3.51. The number of amides is 1. The third-order valence-electron chi connectivity index (χ3n) is 5.40. The number of fused-ring (bicyclic) bond motifs is 1. The van der Waals surface area contributed by atoms with Crippen molar-refractivity contribution in [3.05, 3.63) is 94.9 Å². The molecule has 166 valence electrons. The van der Waals surface area contributed by atoms with Gasteiger partial charge in [0.05, 0.1) is 10.6 Å². The normalized spacial score (nSPS) is 17.7. The van der Waals surface area contributed by atoms with Gasteiger partial charge in [-0.2, -0.15) is 0 Å². The molecule has 1 amide bonds. The highest BCUT2D eigenvalue weighted by Crippen LogP contribution is 2.37. The van der Waals surface area contributed by atoms with Gasteiger partial charge in [-0.15, -0.1) is 0 Å². The Morgan fingerprint density at radius 3 is 2.42 bits per heavy atom. The van der Waals surface area contributed by atoms with Gasteiger partial charge in [0.25, 0.3) is 5.91 Å². The van der Waals surface area contributed by atoms with E-state index in [1.807, 2.05) is 60.7 Å². The van der Waals surface area contributed by atoms with Crippen molar-refractivity contribution in [2.75, 3.05) is 24.7 Å². The Morgan fingerprint density at radius 2 is 1.64 bits per heavy atom.